The van der Waals surface area contributed by atoms with E-state index in [1.54, 1.807) is 0 Å². The Bertz CT molecular complexity index is 5320. The van der Waals surface area contributed by atoms with Crippen molar-refractivity contribution in [1.29, 1.82) is 0 Å². The summed E-state index contributed by atoms with van der Waals surface area (Å²) in [5.74, 6) is 4.14. The van der Waals surface area contributed by atoms with Crippen LogP contribution in [-0.4, -0.2) is 13.4 Å². The number of para-hydroxylation sites is 12. The summed E-state index contributed by atoms with van der Waals surface area (Å²) in [5.41, 5.74) is 25.0. The molecule has 9 nitrogen and oxygen atoms in total. The molecule has 0 amide bonds. The zero-order valence-electron chi connectivity index (χ0n) is 51.2. The van der Waals surface area contributed by atoms with Crippen molar-refractivity contribution in [2.24, 2.45) is 0 Å². The van der Waals surface area contributed by atoms with Crippen LogP contribution in [-0.2, 0) is 0 Å². The van der Waals surface area contributed by atoms with Crippen LogP contribution in [0, 0.1) is 0 Å². The molecule has 0 radical (unpaired) electrons. The molecule has 14 aromatic carbocycles. The van der Waals surface area contributed by atoms with Crippen LogP contribution < -0.4 is 76.4 Å². The Balaban J connectivity index is 0.908. The van der Waals surface area contributed by atoms with Gasteiger partial charge in [0, 0.05) is 80.0 Å². The third-order valence-electron chi connectivity index (χ3n) is 19.5. The largest absolute Gasteiger partial charge is 0.454 e. The number of rotatable bonds is 9. The topological polar surface area (TPSA) is 47.1 Å². The van der Waals surface area contributed by atoms with E-state index < -0.39 is 6.71 Å². The molecular formula is C84H54B2N6O3. The molecule has 6 aliphatic heterocycles. The van der Waals surface area contributed by atoms with Gasteiger partial charge in [-0.2, -0.15) is 0 Å². The van der Waals surface area contributed by atoms with Crippen molar-refractivity contribution in [2.75, 3.05) is 29.4 Å². The van der Waals surface area contributed by atoms with E-state index in [0.717, 1.165) is 136 Å². The van der Waals surface area contributed by atoms with Gasteiger partial charge >= 0.3 is 0 Å². The Kier molecular flexibility index (Phi) is 11.7. The zero-order valence-corrected chi connectivity index (χ0v) is 51.2. The molecule has 0 fully saturated rings. The van der Waals surface area contributed by atoms with Crippen molar-refractivity contribution in [1.82, 2.24) is 0 Å². The summed E-state index contributed by atoms with van der Waals surface area (Å²) in [6, 6.07) is 118. The van der Waals surface area contributed by atoms with Crippen LogP contribution in [0.1, 0.15) is 0 Å². The molecule has 0 unspecified atom stereocenters. The summed E-state index contributed by atoms with van der Waals surface area (Å²) in [4.78, 5) is 14.5. The van der Waals surface area contributed by atoms with Gasteiger partial charge < -0.3 is 38.7 Å². The number of benzene rings is 14. The van der Waals surface area contributed by atoms with Gasteiger partial charge in [0.15, 0.2) is 28.7 Å². The number of fused-ring (bicyclic) bond motifs is 13. The first kappa shape index (κ1) is 53.1. The van der Waals surface area contributed by atoms with Crippen molar-refractivity contribution < 1.29 is 14.2 Å². The lowest BCUT2D eigenvalue weighted by Crippen LogP contribution is -2.64. The van der Waals surface area contributed by atoms with E-state index in [0.29, 0.717) is 17.2 Å². The highest BCUT2D eigenvalue weighted by atomic mass is 16.5. The molecule has 0 spiro atoms. The molecule has 0 saturated heterocycles. The van der Waals surface area contributed by atoms with Gasteiger partial charge in [-0.25, -0.2) is 0 Å². The highest BCUT2D eigenvalue weighted by Gasteiger charge is 2.51. The van der Waals surface area contributed by atoms with E-state index in [9.17, 15) is 0 Å². The molecule has 11 heteroatoms. The van der Waals surface area contributed by atoms with Crippen molar-refractivity contribution in [2.45, 2.75) is 0 Å². The minimum atomic E-state index is -0.408. The number of ether oxygens (including phenoxy) is 3. The summed E-state index contributed by atoms with van der Waals surface area (Å²) in [6.45, 7) is -0.641. The van der Waals surface area contributed by atoms with Crippen LogP contribution in [0.4, 0.5) is 102 Å². The summed E-state index contributed by atoms with van der Waals surface area (Å²) in [6.07, 6.45) is 0. The minimum Gasteiger partial charge on any atom is -0.454 e. The van der Waals surface area contributed by atoms with Crippen LogP contribution >= 0.6 is 0 Å². The molecule has 444 valence electrons. The lowest BCUT2D eigenvalue weighted by Gasteiger charge is -2.47. The van der Waals surface area contributed by atoms with Crippen LogP contribution in [0.2, 0.25) is 0 Å². The summed E-state index contributed by atoms with van der Waals surface area (Å²) >= 11 is 0. The van der Waals surface area contributed by atoms with Crippen LogP contribution in [0.15, 0.2) is 328 Å². The molecule has 0 atom stereocenters. The average molecular weight is 1220 g/mol. The molecule has 14 aromatic rings. The first-order valence-corrected chi connectivity index (χ1v) is 32.4. The highest BCUT2D eigenvalue weighted by molar-refractivity contribution is 7.02. The smallest absolute Gasteiger partial charge is 0.256 e. The Morgan fingerprint density at radius 3 is 1.09 bits per heavy atom. The Morgan fingerprint density at radius 2 is 0.600 bits per heavy atom. The standard InChI is InChI=1S/C84H54B2N6O3/c1-8-28-55(29-9-1)87(56-30-10-2-11-31-56)62-48-73-80-74(49-62)90(60-38-18-6-19-39-60)71-54-72-66(52-65(71)85(80)64-42-22-23-43-68(64)89(73)59-36-16-5-17-37-59)86-67-53-79-82-84(94-77-47-27-25-45-70(77)92(82)69-44-24-26-46-76(69)93-79)83(67)95-78-51-63(50-75(81(78)86)91(72)61-40-20-7-21-41-61)88(57-32-12-3-13-33-57)58-34-14-4-15-35-58/h1-54H. The third kappa shape index (κ3) is 8.06. The Labute approximate surface area is 551 Å². The predicted molar refractivity (Wildman–Crippen MR) is 391 cm³/mol. The summed E-state index contributed by atoms with van der Waals surface area (Å²) in [7, 11) is 0. The normalized spacial score (nSPS) is 13.4. The fourth-order valence-electron chi connectivity index (χ4n) is 15.7. The molecular weight excluding hydrogens is 1160 g/mol. The lowest BCUT2D eigenvalue weighted by molar-refractivity contribution is 0.408. The predicted octanol–water partition coefficient (Wildman–Crippen LogP) is 18.8. The fourth-order valence-corrected chi connectivity index (χ4v) is 15.7. The minimum absolute atomic E-state index is 0.233. The maximum absolute atomic E-state index is 7.78. The van der Waals surface area contributed by atoms with Crippen LogP contribution in [0.3, 0.4) is 0 Å². The van der Waals surface area contributed by atoms with E-state index in [2.05, 4.69) is 345 Å². The van der Waals surface area contributed by atoms with Crippen molar-refractivity contribution in [3.8, 4) is 34.5 Å². The van der Waals surface area contributed by atoms with Gasteiger partial charge in [0.1, 0.15) is 11.4 Å². The molecule has 6 aliphatic rings. The third-order valence-corrected chi connectivity index (χ3v) is 19.5. The molecule has 0 aromatic heterocycles. The molecule has 6 heterocycles. The zero-order chi connectivity index (χ0) is 62.2. The van der Waals surface area contributed by atoms with E-state index in [4.69, 9.17) is 14.2 Å². The van der Waals surface area contributed by atoms with E-state index >= 15 is 0 Å². The van der Waals surface area contributed by atoms with Gasteiger partial charge in [-0.15, -0.1) is 0 Å². The van der Waals surface area contributed by atoms with Gasteiger partial charge in [-0.3, -0.25) is 4.90 Å². The maximum Gasteiger partial charge on any atom is 0.256 e. The van der Waals surface area contributed by atoms with Crippen LogP contribution in [0.25, 0.3) is 0 Å². The molecule has 95 heavy (non-hydrogen) atoms. The number of hydrogen-bond acceptors (Lipinski definition) is 9. The monoisotopic (exact) mass is 1220 g/mol. The first-order chi connectivity index (χ1) is 47.2. The second-order valence-electron chi connectivity index (χ2n) is 24.7. The van der Waals surface area contributed by atoms with Gasteiger partial charge in [0.25, 0.3) is 13.4 Å². The Hall–Kier alpha value is -12.6. The van der Waals surface area contributed by atoms with Gasteiger partial charge in [0.05, 0.1) is 22.7 Å². The van der Waals surface area contributed by atoms with E-state index in [1.807, 2.05) is 12.1 Å². The highest BCUT2D eigenvalue weighted by Crippen LogP contribution is 2.63. The fraction of sp³-hybridized carbons (Fsp3) is 0. The second-order valence-corrected chi connectivity index (χ2v) is 24.7. The Morgan fingerprint density at radius 1 is 0.221 bits per heavy atom. The van der Waals surface area contributed by atoms with Gasteiger partial charge in [0.2, 0.25) is 0 Å². The van der Waals surface area contributed by atoms with E-state index in [-0.39, 0.29) is 6.71 Å². The summed E-state index contributed by atoms with van der Waals surface area (Å²) < 4.78 is 22.3. The van der Waals surface area contributed by atoms with Gasteiger partial charge in [-0.05, 0) is 178 Å². The number of anilines is 18. The maximum atomic E-state index is 7.78. The lowest BCUT2D eigenvalue weighted by atomic mass is 9.30. The number of nitrogens with zero attached hydrogens (tertiary/aromatic N) is 6. The molecule has 0 bridgehead atoms. The number of hydrogen-bond donors (Lipinski definition) is 0. The first-order valence-electron chi connectivity index (χ1n) is 32.4. The molecule has 0 N–H and O–H groups in total. The average Bonchev–Trinajstić information content (AvgIpc) is 0.687. The molecule has 20 rings (SSSR count). The summed E-state index contributed by atoms with van der Waals surface area (Å²) in [5, 5.41) is 0. The molecule has 0 saturated carbocycles. The van der Waals surface area contributed by atoms with Crippen molar-refractivity contribution >= 4 is 149 Å². The van der Waals surface area contributed by atoms with Crippen LogP contribution in [0.5, 0.6) is 34.5 Å². The quantitative estimate of drug-likeness (QED) is 0.132. The SMILES string of the molecule is c1ccc(N(c2ccccc2)c2cc3c4c(c2)N(c2ccccc2)c2cc5c(cc2B4c2cc4c6c(c2O3)Oc2ccccc2N6c2ccccc2O4)B2c3ccccc3N(c3ccccc3)c3cc(N(c4ccccc4)c4ccccc4)cc(c32)N5c2ccccc2)cc1. The van der Waals surface area contributed by atoms with Gasteiger partial charge in [-0.1, -0.05) is 176 Å². The second kappa shape index (κ2) is 21.0. The van der Waals surface area contributed by atoms with Crippen molar-refractivity contribution in [3.63, 3.8) is 0 Å². The van der Waals surface area contributed by atoms with Crippen molar-refractivity contribution in [3.05, 3.63) is 328 Å². The van der Waals surface area contributed by atoms with E-state index in [1.165, 1.54) is 16.4 Å². The molecule has 0 aliphatic carbocycles.